The van der Waals surface area contributed by atoms with Crippen LogP contribution < -0.4 is 0 Å². The Balaban J connectivity index is 3.79. The van der Waals surface area contributed by atoms with Crippen molar-refractivity contribution in [1.29, 1.82) is 0 Å². The molecular weight excluding hydrogens is 160 g/mol. The van der Waals surface area contributed by atoms with Gasteiger partial charge < -0.3 is 5.11 Å². The van der Waals surface area contributed by atoms with E-state index in [4.69, 9.17) is 0 Å². The van der Waals surface area contributed by atoms with Crippen molar-refractivity contribution in [1.82, 2.24) is 0 Å². The zero-order chi connectivity index (χ0) is 10.3. The van der Waals surface area contributed by atoms with Crippen molar-refractivity contribution >= 4 is 0 Å². The average Bonchev–Trinajstić information content (AvgIpc) is 1.95. The van der Waals surface area contributed by atoms with Crippen LogP contribution in [0.4, 0.5) is 0 Å². The minimum atomic E-state index is -0.609. The molecular formula is C12H24O. The summed E-state index contributed by atoms with van der Waals surface area (Å²) in [6.07, 6.45) is 8.42. The maximum absolute atomic E-state index is 9.90. The largest absolute Gasteiger partial charge is 0.386 e. The third kappa shape index (κ3) is 8.04. The predicted octanol–water partition coefficient (Wildman–Crippen LogP) is 3.53. The zero-order valence-electron chi connectivity index (χ0n) is 9.51. The molecule has 0 aromatic heterocycles. The second-order valence-electron chi connectivity index (χ2n) is 4.50. The molecule has 0 bridgehead atoms. The number of hydrogen-bond donors (Lipinski definition) is 1. The van der Waals surface area contributed by atoms with Crippen molar-refractivity contribution in [3.63, 3.8) is 0 Å². The van der Waals surface area contributed by atoms with E-state index in [-0.39, 0.29) is 0 Å². The van der Waals surface area contributed by atoms with Gasteiger partial charge in [-0.1, -0.05) is 45.8 Å². The topological polar surface area (TPSA) is 20.2 Å². The molecule has 1 unspecified atom stereocenters. The van der Waals surface area contributed by atoms with E-state index in [1.165, 1.54) is 12.8 Å². The summed E-state index contributed by atoms with van der Waals surface area (Å²) in [4.78, 5) is 0. The molecule has 0 aromatic carbocycles. The third-order valence-electron chi connectivity index (χ3n) is 2.02. The van der Waals surface area contributed by atoms with Gasteiger partial charge in [-0.05, 0) is 25.7 Å². The molecule has 0 aliphatic rings. The first-order valence-corrected chi connectivity index (χ1v) is 5.38. The first-order valence-electron chi connectivity index (χ1n) is 5.38. The third-order valence-corrected chi connectivity index (χ3v) is 2.02. The Bertz CT molecular complexity index is 145. The van der Waals surface area contributed by atoms with Gasteiger partial charge in [0.15, 0.2) is 0 Å². The van der Waals surface area contributed by atoms with Crippen LogP contribution in [0.2, 0.25) is 0 Å². The highest BCUT2D eigenvalue weighted by molar-refractivity contribution is 4.98. The number of hydrogen-bond acceptors (Lipinski definition) is 1. The van der Waals surface area contributed by atoms with E-state index in [9.17, 15) is 5.11 Å². The van der Waals surface area contributed by atoms with Gasteiger partial charge in [0.05, 0.1) is 5.60 Å². The minimum Gasteiger partial charge on any atom is -0.386 e. The van der Waals surface area contributed by atoms with Gasteiger partial charge in [0.1, 0.15) is 0 Å². The zero-order valence-corrected chi connectivity index (χ0v) is 9.51. The van der Waals surface area contributed by atoms with Gasteiger partial charge >= 0.3 is 0 Å². The molecule has 13 heavy (non-hydrogen) atoms. The average molecular weight is 184 g/mol. The Kier molecular flexibility index (Phi) is 6.06. The van der Waals surface area contributed by atoms with Crippen molar-refractivity contribution in [2.45, 2.75) is 59.0 Å². The fourth-order valence-electron chi connectivity index (χ4n) is 1.55. The number of unbranched alkanes of at least 4 members (excludes halogenated alkanes) is 2. The molecule has 0 spiro atoms. The molecule has 0 rings (SSSR count). The van der Waals surface area contributed by atoms with E-state index < -0.39 is 5.60 Å². The normalized spacial score (nSPS) is 16.8. The maximum atomic E-state index is 9.90. The molecule has 1 heteroatoms. The summed E-state index contributed by atoms with van der Waals surface area (Å²) >= 11 is 0. The maximum Gasteiger partial charge on any atom is 0.0802 e. The predicted molar refractivity (Wildman–Crippen MR) is 58.7 cm³/mol. The minimum absolute atomic E-state index is 0.547. The first kappa shape index (κ1) is 12.7. The highest BCUT2D eigenvalue weighted by Crippen LogP contribution is 2.17. The van der Waals surface area contributed by atoms with Crippen LogP contribution in [0.15, 0.2) is 12.2 Å². The van der Waals surface area contributed by atoms with E-state index in [1.807, 2.05) is 13.0 Å². The van der Waals surface area contributed by atoms with Gasteiger partial charge in [-0.15, -0.1) is 0 Å². The molecule has 1 N–H and O–H groups in total. The van der Waals surface area contributed by atoms with Crippen molar-refractivity contribution in [2.24, 2.45) is 5.92 Å². The van der Waals surface area contributed by atoms with Gasteiger partial charge in [-0.2, -0.15) is 0 Å². The molecule has 0 aliphatic carbocycles. The lowest BCUT2D eigenvalue weighted by Crippen LogP contribution is -2.22. The summed E-state index contributed by atoms with van der Waals surface area (Å²) in [5.74, 6) is 0.547. The highest BCUT2D eigenvalue weighted by atomic mass is 16.3. The molecule has 0 radical (unpaired) electrons. The Hall–Kier alpha value is -0.300. The van der Waals surface area contributed by atoms with E-state index in [0.717, 1.165) is 12.8 Å². The monoisotopic (exact) mass is 184 g/mol. The summed E-state index contributed by atoms with van der Waals surface area (Å²) < 4.78 is 0. The lowest BCUT2D eigenvalue weighted by molar-refractivity contribution is 0.0873. The Morgan fingerprint density at radius 3 is 2.46 bits per heavy atom. The van der Waals surface area contributed by atoms with Crippen molar-refractivity contribution in [3.05, 3.63) is 12.2 Å². The SMILES string of the molecule is CCCCC=CC(C)(O)CC(C)C. The summed E-state index contributed by atoms with van der Waals surface area (Å²) in [5.41, 5.74) is -0.609. The second-order valence-corrected chi connectivity index (χ2v) is 4.50. The molecule has 0 fully saturated rings. The van der Waals surface area contributed by atoms with Gasteiger partial charge in [0, 0.05) is 0 Å². The van der Waals surface area contributed by atoms with Crippen LogP contribution in [0.3, 0.4) is 0 Å². The molecule has 78 valence electrons. The second kappa shape index (κ2) is 6.20. The molecule has 1 atom stereocenters. The van der Waals surface area contributed by atoms with Crippen LogP contribution in [0.5, 0.6) is 0 Å². The highest BCUT2D eigenvalue weighted by Gasteiger charge is 2.17. The molecule has 0 aromatic rings. The smallest absolute Gasteiger partial charge is 0.0802 e. The first-order chi connectivity index (χ1) is 5.98. The van der Waals surface area contributed by atoms with E-state index in [0.29, 0.717) is 5.92 Å². The van der Waals surface area contributed by atoms with Crippen LogP contribution >= 0.6 is 0 Å². The standard InChI is InChI=1S/C12H24O/c1-5-6-7-8-9-12(4,13)10-11(2)3/h8-9,11,13H,5-7,10H2,1-4H3. The van der Waals surface area contributed by atoms with Gasteiger partial charge in [0.25, 0.3) is 0 Å². The number of aliphatic hydroxyl groups is 1. The number of rotatable bonds is 6. The van der Waals surface area contributed by atoms with Crippen LogP contribution in [0.1, 0.15) is 53.4 Å². The molecule has 0 heterocycles. The van der Waals surface area contributed by atoms with E-state index in [2.05, 4.69) is 26.8 Å². The van der Waals surface area contributed by atoms with Crippen molar-refractivity contribution in [3.8, 4) is 0 Å². The lowest BCUT2D eigenvalue weighted by atomic mass is 9.93. The molecule has 0 amide bonds. The molecule has 0 saturated carbocycles. The van der Waals surface area contributed by atoms with Crippen molar-refractivity contribution in [2.75, 3.05) is 0 Å². The summed E-state index contributed by atoms with van der Waals surface area (Å²) in [7, 11) is 0. The quantitative estimate of drug-likeness (QED) is 0.494. The van der Waals surface area contributed by atoms with Gasteiger partial charge in [-0.25, -0.2) is 0 Å². The van der Waals surface area contributed by atoms with Crippen LogP contribution in [-0.4, -0.2) is 10.7 Å². The fourth-order valence-corrected chi connectivity index (χ4v) is 1.55. The molecule has 1 nitrogen and oxygen atoms in total. The Labute approximate surface area is 82.9 Å². The van der Waals surface area contributed by atoms with Crippen LogP contribution in [0, 0.1) is 5.92 Å². The fraction of sp³-hybridized carbons (Fsp3) is 0.833. The van der Waals surface area contributed by atoms with Crippen molar-refractivity contribution < 1.29 is 5.11 Å². The summed E-state index contributed by atoms with van der Waals surface area (Å²) in [5, 5.41) is 9.90. The Morgan fingerprint density at radius 2 is 2.00 bits per heavy atom. The van der Waals surface area contributed by atoms with Crippen LogP contribution in [-0.2, 0) is 0 Å². The van der Waals surface area contributed by atoms with E-state index in [1.54, 1.807) is 0 Å². The van der Waals surface area contributed by atoms with Gasteiger partial charge in [0.2, 0.25) is 0 Å². The van der Waals surface area contributed by atoms with Gasteiger partial charge in [-0.3, -0.25) is 0 Å². The lowest BCUT2D eigenvalue weighted by Gasteiger charge is -2.21. The molecule has 0 aliphatic heterocycles. The summed E-state index contributed by atoms with van der Waals surface area (Å²) in [6, 6.07) is 0. The number of allylic oxidation sites excluding steroid dienone is 1. The summed E-state index contributed by atoms with van der Waals surface area (Å²) in [6.45, 7) is 8.33. The van der Waals surface area contributed by atoms with Crippen LogP contribution in [0.25, 0.3) is 0 Å². The van der Waals surface area contributed by atoms with E-state index >= 15 is 0 Å². The Morgan fingerprint density at radius 1 is 1.38 bits per heavy atom. The molecule has 0 saturated heterocycles.